The summed E-state index contributed by atoms with van der Waals surface area (Å²) in [6, 6.07) is 7.63. The van der Waals surface area contributed by atoms with Crippen LogP contribution in [0.3, 0.4) is 0 Å². The molecule has 3 N–H and O–H groups in total. The summed E-state index contributed by atoms with van der Waals surface area (Å²) >= 11 is 0. The van der Waals surface area contributed by atoms with Crippen molar-refractivity contribution in [1.82, 2.24) is 0 Å². The monoisotopic (exact) mass is 296 g/mol. The fourth-order valence-corrected chi connectivity index (χ4v) is 5.37. The van der Waals surface area contributed by atoms with Crippen LogP contribution in [0.5, 0.6) is 5.75 Å². The summed E-state index contributed by atoms with van der Waals surface area (Å²) in [5.74, 6) is 1.61. The zero-order valence-corrected chi connectivity index (χ0v) is 12.3. The lowest BCUT2D eigenvalue weighted by Crippen LogP contribution is -2.07. The van der Waals surface area contributed by atoms with Crippen LogP contribution in [-0.4, -0.2) is 40.9 Å². The summed E-state index contributed by atoms with van der Waals surface area (Å²) in [5, 5.41) is 30.0. The molecule has 0 aliphatic carbocycles. The van der Waals surface area contributed by atoms with E-state index in [1.165, 1.54) is 0 Å². The van der Waals surface area contributed by atoms with Crippen molar-refractivity contribution in [2.75, 3.05) is 25.6 Å². The number of hydrogen-bond donors (Lipinski definition) is 3. The Morgan fingerprint density at radius 3 is 2.30 bits per heavy atom. The van der Waals surface area contributed by atoms with Crippen LogP contribution in [0.1, 0.15) is 6.92 Å². The van der Waals surface area contributed by atoms with Gasteiger partial charge in [0.25, 0.3) is 0 Å². The predicted octanol–water partition coefficient (Wildman–Crippen LogP) is 2.53. The molecule has 1 aliphatic heterocycles. The number of aliphatic hydroxyl groups is 3. The molecule has 1 aromatic carbocycles. The van der Waals surface area contributed by atoms with E-state index in [1.807, 2.05) is 36.6 Å². The number of ether oxygens (including phenoxy) is 1. The molecule has 1 heterocycles. The van der Waals surface area contributed by atoms with Gasteiger partial charge >= 0.3 is 0 Å². The highest BCUT2D eigenvalue weighted by Gasteiger charge is 2.31. The van der Waals surface area contributed by atoms with Crippen LogP contribution in [0, 0.1) is 0 Å². The predicted molar refractivity (Wildman–Crippen MR) is 81.3 cm³/mol. The second-order valence-electron chi connectivity index (χ2n) is 4.51. The van der Waals surface area contributed by atoms with Gasteiger partial charge in [0.15, 0.2) is 0 Å². The van der Waals surface area contributed by atoms with Gasteiger partial charge in [-0.25, -0.2) is 0 Å². The normalized spacial score (nSPS) is 24.8. The largest absolute Gasteiger partial charge is 0.507 e. The molecule has 0 amide bonds. The summed E-state index contributed by atoms with van der Waals surface area (Å²) in [4.78, 5) is 2.01. The van der Waals surface area contributed by atoms with E-state index < -0.39 is 10.0 Å². The van der Waals surface area contributed by atoms with Crippen molar-refractivity contribution < 1.29 is 20.1 Å². The quantitative estimate of drug-likeness (QED) is 0.754. The summed E-state index contributed by atoms with van der Waals surface area (Å²) in [7, 11) is -1.46. The van der Waals surface area contributed by atoms with Crippen molar-refractivity contribution in [2.24, 2.45) is 0 Å². The molecule has 1 aromatic rings. The minimum absolute atomic E-state index is 0.0140. The van der Waals surface area contributed by atoms with Gasteiger partial charge in [0, 0.05) is 10.7 Å². The summed E-state index contributed by atoms with van der Waals surface area (Å²) in [6.45, 7) is 2.25. The minimum atomic E-state index is -1.46. The molecule has 0 spiro atoms. The highest BCUT2D eigenvalue weighted by molar-refractivity contribution is 8.39. The molecule has 0 fully saturated rings. The van der Waals surface area contributed by atoms with Gasteiger partial charge in [-0.05, 0) is 47.6 Å². The van der Waals surface area contributed by atoms with E-state index in [2.05, 4.69) is 0 Å². The lowest BCUT2D eigenvalue weighted by Gasteiger charge is -2.35. The fourth-order valence-electron chi connectivity index (χ4n) is 2.27. The van der Waals surface area contributed by atoms with Crippen molar-refractivity contribution in [3.8, 4) is 5.75 Å². The van der Waals surface area contributed by atoms with Crippen LogP contribution >= 0.6 is 10.0 Å². The van der Waals surface area contributed by atoms with Crippen LogP contribution in [-0.2, 0) is 0 Å². The van der Waals surface area contributed by atoms with Gasteiger partial charge in [-0.15, -0.1) is 0 Å². The molecule has 0 radical (unpaired) electrons. The standard InChI is InChI=1S/C15H20O4S/c1-12-15(18)6-10-20(12,11-8-17)14-4-2-13(3-5-14)19-9-7-16/h2-6,10,16-18H,7-9,11H2,1H3. The van der Waals surface area contributed by atoms with Crippen molar-refractivity contribution in [1.29, 1.82) is 0 Å². The fraction of sp³-hybridized carbons (Fsp3) is 0.333. The summed E-state index contributed by atoms with van der Waals surface area (Å²) < 4.78 is 5.34. The molecular weight excluding hydrogens is 276 g/mol. The van der Waals surface area contributed by atoms with Crippen molar-refractivity contribution in [2.45, 2.75) is 11.8 Å². The Kier molecular flexibility index (Phi) is 4.75. The second kappa shape index (κ2) is 6.35. The number of hydrogen-bond acceptors (Lipinski definition) is 4. The number of rotatable bonds is 6. The first-order valence-corrected chi connectivity index (χ1v) is 8.34. The van der Waals surface area contributed by atoms with Crippen LogP contribution in [0.15, 0.2) is 51.3 Å². The molecule has 0 bridgehead atoms. The van der Waals surface area contributed by atoms with Crippen molar-refractivity contribution >= 4 is 10.0 Å². The molecule has 5 heteroatoms. The van der Waals surface area contributed by atoms with Gasteiger partial charge in [-0.1, -0.05) is 0 Å². The maximum atomic E-state index is 9.87. The highest BCUT2D eigenvalue weighted by Crippen LogP contribution is 2.66. The molecule has 1 aliphatic rings. The molecule has 0 saturated heterocycles. The van der Waals surface area contributed by atoms with Crippen LogP contribution in [0.25, 0.3) is 0 Å². The zero-order chi connectivity index (χ0) is 14.6. The molecule has 4 nitrogen and oxygen atoms in total. The van der Waals surface area contributed by atoms with E-state index in [-0.39, 0.29) is 19.8 Å². The van der Waals surface area contributed by atoms with E-state index in [1.54, 1.807) is 6.08 Å². The van der Waals surface area contributed by atoms with Gasteiger partial charge in [-0.3, -0.25) is 0 Å². The molecule has 2 rings (SSSR count). The molecule has 1 atom stereocenters. The molecule has 0 saturated carbocycles. The summed E-state index contributed by atoms with van der Waals surface area (Å²) in [6.07, 6.45) is 1.72. The first kappa shape index (κ1) is 15.0. The van der Waals surface area contributed by atoms with E-state index in [4.69, 9.17) is 9.84 Å². The molecule has 0 aromatic heterocycles. The average molecular weight is 296 g/mol. The van der Waals surface area contributed by atoms with Crippen molar-refractivity contribution in [3.63, 3.8) is 0 Å². The van der Waals surface area contributed by atoms with Crippen molar-refractivity contribution in [3.05, 3.63) is 46.4 Å². The third kappa shape index (κ3) is 2.70. The zero-order valence-electron chi connectivity index (χ0n) is 11.5. The maximum absolute atomic E-state index is 9.87. The molecule has 20 heavy (non-hydrogen) atoms. The number of aliphatic hydroxyl groups excluding tert-OH is 3. The topological polar surface area (TPSA) is 69.9 Å². The van der Waals surface area contributed by atoms with Gasteiger partial charge in [-0.2, -0.15) is 10.0 Å². The van der Waals surface area contributed by atoms with E-state index in [0.717, 1.165) is 9.80 Å². The Bertz CT molecular complexity index is 521. The third-order valence-corrected chi connectivity index (χ3v) is 7.23. The molecule has 1 unspecified atom stereocenters. The first-order valence-electron chi connectivity index (χ1n) is 6.47. The third-order valence-electron chi connectivity index (χ3n) is 3.38. The van der Waals surface area contributed by atoms with E-state index >= 15 is 0 Å². The van der Waals surface area contributed by atoms with Gasteiger partial charge in [0.05, 0.1) is 13.2 Å². The van der Waals surface area contributed by atoms with Gasteiger partial charge in [0.2, 0.25) is 0 Å². The van der Waals surface area contributed by atoms with E-state index in [9.17, 15) is 10.2 Å². The van der Waals surface area contributed by atoms with Gasteiger partial charge < -0.3 is 20.1 Å². The second-order valence-corrected chi connectivity index (χ2v) is 7.86. The summed E-state index contributed by atoms with van der Waals surface area (Å²) in [5.41, 5.74) is 0. The molecular formula is C15H20O4S. The van der Waals surface area contributed by atoms with Gasteiger partial charge in [0.1, 0.15) is 18.1 Å². The number of benzene rings is 1. The van der Waals surface area contributed by atoms with Crippen LogP contribution in [0.2, 0.25) is 0 Å². The van der Waals surface area contributed by atoms with Crippen LogP contribution in [0.4, 0.5) is 0 Å². The smallest absolute Gasteiger partial charge is 0.124 e. The lowest BCUT2D eigenvalue weighted by atomic mass is 10.3. The van der Waals surface area contributed by atoms with E-state index in [0.29, 0.717) is 17.3 Å². The molecule has 110 valence electrons. The Labute approximate surface area is 120 Å². The highest BCUT2D eigenvalue weighted by atomic mass is 32.3. The SMILES string of the molecule is CC1=C(O)C=CS1(CCO)c1ccc(OCCO)cc1. The van der Waals surface area contributed by atoms with Crippen LogP contribution < -0.4 is 4.74 Å². The Morgan fingerprint density at radius 1 is 1.10 bits per heavy atom. The first-order chi connectivity index (χ1) is 9.64. The average Bonchev–Trinajstić information content (AvgIpc) is 2.76. The Balaban J connectivity index is 2.30. The lowest BCUT2D eigenvalue weighted by molar-refractivity contribution is 0.201. The Hall–Kier alpha value is -1.43. The minimum Gasteiger partial charge on any atom is -0.507 e. The number of allylic oxidation sites excluding steroid dienone is 2. The maximum Gasteiger partial charge on any atom is 0.124 e. The Morgan fingerprint density at radius 2 is 1.80 bits per heavy atom.